The first-order chi connectivity index (χ1) is 6.31. The highest BCUT2D eigenvalue weighted by atomic mass is 16.3. The van der Waals surface area contributed by atoms with Crippen LogP contribution in [-0.2, 0) is 4.79 Å². The lowest BCUT2D eigenvalue weighted by Crippen LogP contribution is -2.60. The molecule has 1 amide bonds. The van der Waals surface area contributed by atoms with Gasteiger partial charge in [-0.1, -0.05) is 0 Å². The Morgan fingerprint density at radius 3 is 2.69 bits per heavy atom. The van der Waals surface area contributed by atoms with Crippen LogP contribution in [0.3, 0.4) is 0 Å². The van der Waals surface area contributed by atoms with Crippen LogP contribution in [0, 0.1) is 5.92 Å². The number of hydrogen-bond acceptors (Lipinski definition) is 3. The van der Waals surface area contributed by atoms with Crippen LogP contribution in [0.15, 0.2) is 0 Å². The lowest BCUT2D eigenvalue weighted by atomic mass is 10.1. The quantitative estimate of drug-likeness (QED) is 0.601. The van der Waals surface area contributed by atoms with Crippen LogP contribution in [0.5, 0.6) is 0 Å². The smallest absolute Gasteiger partial charge is 0.225 e. The molecular formula is C9H16N2O2. The molecule has 2 rings (SSSR count). The van der Waals surface area contributed by atoms with Gasteiger partial charge in [0.2, 0.25) is 5.91 Å². The van der Waals surface area contributed by atoms with E-state index in [9.17, 15) is 4.79 Å². The first kappa shape index (κ1) is 8.97. The Balaban J connectivity index is 1.63. The van der Waals surface area contributed by atoms with Gasteiger partial charge < -0.3 is 15.3 Å². The van der Waals surface area contributed by atoms with Gasteiger partial charge in [0.05, 0.1) is 6.61 Å². The normalized spacial score (nSPS) is 23.0. The highest BCUT2D eigenvalue weighted by Gasteiger charge is 2.38. The molecule has 0 spiro atoms. The fourth-order valence-electron chi connectivity index (χ4n) is 1.64. The minimum atomic E-state index is 0.174. The van der Waals surface area contributed by atoms with E-state index in [1.54, 1.807) is 0 Å². The second-order valence-electron chi connectivity index (χ2n) is 3.89. The Labute approximate surface area is 77.9 Å². The number of rotatable bonds is 4. The van der Waals surface area contributed by atoms with Crippen LogP contribution in [0.2, 0.25) is 0 Å². The van der Waals surface area contributed by atoms with Gasteiger partial charge in [-0.3, -0.25) is 4.79 Å². The number of nitrogens with one attached hydrogen (secondary N) is 1. The van der Waals surface area contributed by atoms with Gasteiger partial charge in [-0.2, -0.15) is 0 Å². The fourth-order valence-corrected chi connectivity index (χ4v) is 1.64. The standard InChI is InChI=1S/C9H16N2O2/c12-4-3-10-8-5-11(6-8)9(13)7-1-2-7/h7-8,10,12H,1-6H2. The summed E-state index contributed by atoms with van der Waals surface area (Å²) in [5.74, 6) is 0.681. The first-order valence-electron chi connectivity index (χ1n) is 4.94. The molecule has 13 heavy (non-hydrogen) atoms. The maximum Gasteiger partial charge on any atom is 0.225 e. The van der Waals surface area contributed by atoms with Crippen molar-refractivity contribution < 1.29 is 9.90 Å². The molecule has 0 aromatic rings. The summed E-state index contributed by atoms with van der Waals surface area (Å²) >= 11 is 0. The van der Waals surface area contributed by atoms with Crippen LogP contribution in [0.4, 0.5) is 0 Å². The molecule has 2 fully saturated rings. The average molecular weight is 184 g/mol. The molecule has 0 aromatic carbocycles. The highest BCUT2D eigenvalue weighted by molar-refractivity contribution is 5.81. The number of hydrogen-bond donors (Lipinski definition) is 2. The Hall–Kier alpha value is -0.610. The lowest BCUT2D eigenvalue weighted by Gasteiger charge is -2.39. The summed E-state index contributed by atoms with van der Waals surface area (Å²) in [5.41, 5.74) is 0. The van der Waals surface area contributed by atoms with E-state index >= 15 is 0 Å². The highest BCUT2D eigenvalue weighted by Crippen LogP contribution is 2.32. The van der Waals surface area contributed by atoms with Gasteiger partial charge in [0.25, 0.3) is 0 Å². The van der Waals surface area contributed by atoms with E-state index in [1.165, 1.54) is 0 Å². The predicted octanol–water partition coefficient (Wildman–Crippen LogP) is -0.811. The van der Waals surface area contributed by atoms with Crippen molar-refractivity contribution in [1.29, 1.82) is 0 Å². The molecule has 1 aliphatic carbocycles. The van der Waals surface area contributed by atoms with E-state index in [0.717, 1.165) is 25.9 Å². The van der Waals surface area contributed by atoms with E-state index < -0.39 is 0 Å². The summed E-state index contributed by atoms with van der Waals surface area (Å²) in [7, 11) is 0. The van der Waals surface area contributed by atoms with E-state index in [-0.39, 0.29) is 6.61 Å². The molecule has 74 valence electrons. The summed E-state index contributed by atoms with van der Waals surface area (Å²) < 4.78 is 0. The maximum absolute atomic E-state index is 11.5. The zero-order chi connectivity index (χ0) is 9.26. The number of likely N-dealkylation sites (tertiary alicyclic amines) is 1. The fraction of sp³-hybridized carbons (Fsp3) is 0.889. The maximum atomic E-state index is 11.5. The van der Waals surface area contributed by atoms with Gasteiger partial charge in [0.1, 0.15) is 0 Å². The third-order valence-electron chi connectivity index (χ3n) is 2.66. The minimum Gasteiger partial charge on any atom is -0.395 e. The second kappa shape index (κ2) is 3.64. The van der Waals surface area contributed by atoms with Gasteiger partial charge in [-0.15, -0.1) is 0 Å². The first-order valence-corrected chi connectivity index (χ1v) is 4.94. The molecule has 4 nitrogen and oxygen atoms in total. The molecule has 1 saturated heterocycles. The number of carbonyl (C=O) groups excluding carboxylic acids is 1. The van der Waals surface area contributed by atoms with Gasteiger partial charge in [-0.25, -0.2) is 0 Å². The molecule has 1 aliphatic heterocycles. The number of nitrogens with zero attached hydrogens (tertiary/aromatic N) is 1. The Morgan fingerprint density at radius 1 is 1.46 bits per heavy atom. The Bertz CT molecular complexity index is 198. The van der Waals surface area contributed by atoms with Crippen molar-refractivity contribution in [3.8, 4) is 0 Å². The summed E-state index contributed by atoms with van der Waals surface area (Å²) in [6.07, 6.45) is 2.17. The average Bonchev–Trinajstić information content (AvgIpc) is 2.83. The van der Waals surface area contributed by atoms with E-state index in [0.29, 0.717) is 24.4 Å². The number of carbonyl (C=O) groups is 1. The summed E-state index contributed by atoms with van der Waals surface area (Å²) in [6.45, 7) is 2.47. The molecular weight excluding hydrogens is 168 g/mol. The summed E-state index contributed by atoms with van der Waals surface area (Å²) in [5, 5.41) is 11.7. The summed E-state index contributed by atoms with van der Waals surface area (Å²) in [4.78, 5) is 13.4. The molecule has 2 aliphatic rings. The molecule has 0 radical (unpaired) electrons. The molecule has 0 atom stereocenters. The largest absolute Gasteiger partial charge is 0.395 e. The molecule has 0 unspecified atom stereocenters. The molecule has 1 heterocycles. The Morgan fingerprint density at radius 2 is 2.15 bits per heavy atom. The van der Waals surface area contributed by atoms with Crippen molar-refractivity contribution in [2.45, 2.75) is 18.9 Å². The van der Waals surface area contributed by atoms with E-state index in [4.69, 9.17) is 5.11 Å². The zero-order valence-corrected chi connectivity index (χ0v) is 7.70. The molecule has 0 bridgehead atoms. The topological polar surface area (TPSA) is 52.6 Å². The number of aliphatic hydroxyl groups is 1. The van der Waals surface area contributed by atoms with Gasteiger partial charge >= 0.3 is 0 Å². The second-order valence-corrected chi connectivity index (χ2v) is 3.89. The van der Waals surface area contributed by atoms with E-state index in [1.807, 2.05) is 4.90 Å². The van der Waals surface area contributed by atoms with Crippen molar-refractivity contribution in [1.82, 2.24) is 10.2 Å². The lowest BCUT2D eigenvalue weighted by molar-refractivity contribution is -0.137. The molecule has 1 saturated carbocycles. The van der Waals surface area contributed by atoms with Crippen LogP contribution in [-0.4, -0.2) is 48.2 Å². The molecule has 2 N–H and O–H groups in total. The minimum absolute atomic E-state index is 0.174. The third-order valence-corrected chi connectivity index (χ3v) is 2.66. The molecule has 0 aromatic heterocycles. The zero-order valence-electron chi connectivity index (χ0n) is 7.70. The van der Waals surface area contributed by atoms with Crippen LogP contribution in [0.25, 0.3) is 0 Å². The van der Waals surface area contributed by atoms with Crippen LogP contribution in [0.1, 0.15) is 12.8 Å². The third kappa shape index (κ3) is 2.00. The van der Waals surface area contributed by atoms with Crippen molar-refractivity contribution >= 4 is 5.91 Å². The van der Waals surface area contributed by atoms with Crippen molar-refractivity contribution in [2.75, 3.05) is 26.2 Å². The van der Waals surface area contributed by atoms with Crippen LogP contribution >= 0.6 is 0 Å². The summed E-state index contributed by atoms with van der Waals surface area (Å²) in [6, 6.07) is 0.412. The SMILES string of the molecule is O=C(C1CC1)N1CC(NCCO)C1. The van der Waals surface area contributed by atoms with Crippen molar-refractivity contribution in [3.05, 3.63) is 0 Å². The van der Waals surface area contributed by atoms with E-state index in [2.05, 4.69) is 5.32 Å². The van der Waals surface area contributed by atoms with Gasteiger partial charge in [-0.05, 0) is 12.8 Å². The van der Waals surface area contributed by atoms with Gasteiger partial charge in [0, 0.05) is 31.6 Å². The monoisotopic (exact) mass is 184 g/mol. The number of amides is 1. The van der Waals surface area contributed by atoms with Crippen molar-refractivity contribution in [3.63, 3.8) is 0 Å². The predicted molar refractivity (Wildman–Crippen MR) is 48.2 cm³/mol. The van der Waals surface area contributed by atoms with Crippen LogP contribution < -0.4 is 5.32 Å². The molecule has 4 heteroatoms. The number of aliphatic hydroxyl groups excluding tert-OH is 1. The van der Waals surface area contributed by atoms with Gasteiger partial charge in [0.15, 0.2) is 0 Å². The Kier molecular flexibility index (Phi) is 2.51. The van der Waals surface area contributed by atoms with Crippen molar-refractivity contribution in [2.24, 2.45) is 5.92 Å².